The molecule has 0 spiro atoms. The van der Waals surface area contributed by atoms with E-state index in [-0.39, 0.29) is 0 Å². The highest BCUT2D eigenvalue weighted by atomic mass is 32.2. The third kappa shape index (κ3) is 2.70. The molecule has 0 aliphatic heterocycles. The van der Waals surface area contributed by atoms with E-state index >= 15 is 0 Å². The van der Waals surface area contributed by atoms with Crippen LogP contribution >= 0.6 is 11.8 Å². The molecule has 1 heterocycles. The molecule has 4 heteroatoms. The fourth-order valence-electron chi connectivity index (χ4n) is 1.12. The molecule has 76 valence electrons. The summed E-state index contributed by atoms with van der Waals surface area (Å²) >= 11 is 1.53. The molecule has 0 atom stereocenters. The van der Waals surface area contributed by atoms with Gasteiger partial charge in [0.25, 0.3) is 0 Å². The highest BCUT2D eigenvalue weighted by Crippen LogP contribution is 2.24. The predicted molar refractivity (Wildman–Crippen MR) is 61.7 cm³/mol. The van der Waals surface area contributed by atoms with Gasteiger partial charge in [0.1, 0.15) is 0 Å². The minimum Gasteiger partial charge on any atom is -0.399 e. The Bertz CT molecular complexity index is 454. The molecule has 2 aromatic rings. The van der Waals surface area contributed by atoms with Gasteiger partial charge in [-0.1, -0.05) is 0 Å². The van der Waals surface area contributed by atoms with Crippen molar-refractivity contribution >= 4 is 17.4 Å². The molecule has 0 fully saturated rings. The monoisotopic (exact) mass is 217 g/mol. The lowest BCUT2D eigenvalue weighted by molar-refractivity contribution is 0.932. The van der Waals surface area contributed by atoms with E-state index in [1.165, 1.54) is 11.8 Å². The highest BCUT2D eigenvalue weighted by Gasteiger charge is 1.99. The Morgan fingerprint density at radius 2 is 1.87 bits per heavy atom. The number of aryl methyl sites for hydroxylation is 1. The summed E-state index contributed by atoms with van der Waals surface area (Å²) in [6.45, 7) is 1.95. The second-order valence-electron chi connectivity index (χ2n) is 3.15. The van der Waals surface area contributed by atoms with Crippen LogP contribution in [0.2, 0.25) is 0 Å². The average Bonchev–Trinajstić information content (AvgIpc) is 2.22. The van der Waals surface area contributed by atoms with Crippen molar-refractivity contribution in [3.8, 4) is 0 Å². The summed E-state index contributed by atoms with van der Waals surface area (Å²) in [5, 5.41) is 0.764. The summed E-state index contributed by atoms with van der Waals surface area (Å²) in [7, 11) is 0. The molecule has 1 aromatic heterocycles. The molecule has 0 bridgehead atoms. The molecule has 0 saturated heterocycles. The Morgan fingerprint density at radius 3 is 2.53 bits per heavy atom. The molecule has 1 aromatic carbocycles. The van der Waals surface area contributed by atoms with Crippen LogP contribution in [0.25, 0.3) is 0 Å². The van der Waals surface area contributed by atoms with Crippen LogP contribution in [0.4, 0.5) is 5.69 Å². The largest absolute Gasteiger partial charge is 0.399 e. The molecule has 0 radical (unpaired) electrons. The molecule has 0 unspecified atom stereocenters. The molecule has 15 heavy (non-hydrogen) atoms. The standard InChI is InChI=1S/C11H11N3S/c1-8-6-7-13-11(14-8)15-10-4-2-9(12)3-5-10/h2-7H,12H2,1H3. The summed E-state index contributed by atoms with van der Waals surface area (Å²) in [6.07, 6.45) is 1.77. The van der Waals surface area contributed by atoms with Gasteiger partial charge in [0, 0.05) is 22.5 Å². The Morgan fingerprint density at radius 1 is 1.13 bits per heavy atom. The van der Waals surface area contributed by atoms with Crippen LogP contribution in [-0.4, -0.2) is 9.97 Å². The Hall–Kier alpha value is -1.55. The van der Waals surface area contributed by atoms with Crippen LogP contribution in [0, 0.1) is 6.92 Å². The molecule has 0 saturated carbocycles. The Balaban J connectivity index is 2.18. The Kier molecular flexibility index (Phi) is 2.87. The first-order chi connectivity index (χ1) is 7.24. The van der Waals surface area contributed by atoms with Gasteiger partial charge in [-0.3, -0.25) is 0 Å². The van der Waals surface area contributed by atoms with Crippen molar-refractivity contribution in [2.24, 2.45) is 0 Å². The lowest BCUT2D eigenvalue weighted by atomic mass is 10.3. The van der Waals surface area contributed by atoms with Gasteiger partial charge >= 0.3 is 0 Å². The van der Waals surface area contributed by atoms with Crippen LogP contribution in [0.5, 0.6) is 0 Å². The third-order valence-electron chi connectivity index (χ3n) is 1.86. The second-order valence-corrected chi connectivity index (χ2v) is 4.19. The molecular weight excluding hydrogens is 206 g/mol. The maximum Gasteiger partial charge on any atom is 0.192 e. The first-order valence-electron chi connectivity index (χ1n) is 4.57. The fourth-order valence-corrected chi connectivity index (χ4v) is 1.90. The van der Waals surface area contributed by atoms with E-state index in [0.29, 0.717) is 0 Å². The maximum absolute atomic E-state index is 5.60. The summed E-state index contributed by atoms with van der Waals surface area (Å²) in [4.78, 5) is 9.58. The van der Waals surface area contributed by atoms with Crippen molar-refractivity contribution in [2.75, 3.05) is 5.73 Å². The van der Waals surface area contributed by atoms with Gasteiger partial charge in [-0.15, -0.1) is 0 Å². The average molecular weight is 217 g/mol. The topological polar surface area (TPSA) is 51.8 Å². The van der Waals surface area contributed by atoms with Crippen LogP contribution in [0.15, 0.2) is 46.6 Å². The number of rotatable bonds is 2. The zero-order chi connectivity index (χ0) is 10.7. The number of aromatic nitrogens is 2. The molecule has 0 aliphatic rings. The highest BCUT2D eigenvalue weighted by molar-refractivity contribution is 7.99. The molecule has 3 nitrogen and oxygen atoms in total. The van der Waals surface area contributed by atoms with Gasteiger partial charge in [0.15, 0.2) is 5.16 Å². The van der Waals surface area contributed by atoms with Gasteiger partial charge in [0.05, 0.1) is 0 Å². The van der Waals surface area contributed by atoms with Gasteiger partial charge in [-0.25, -0.2) is 9.97 Å². The van der Waals surface area contributed by atoms with Gasteiger partial charge < -0.3 is 5.73 Å². The van der Waals surface area contributed by atoms with Crippen LogP contribution in [0.1, 0.15) is 5.69 Å². The molecule has 2 N–H and O–H groups in total. The molecule has 0 amide bonds. The predicted octanol–water partition coefficient (Wildman–Crippen LogP) is 2.52. The molecule has 2 rings (SSSR count). The van der Waals surface area contributed by atoms with Gasteiger partial charge in [-0.2, -0.15) is 0 Å². The SMILES string of the molecule is Cc1ccnc(Sc2ccc(N)cc2)n1. The number of nitrogens with two attached hydrogens (primary N) is 1. The first kappa shape index (κ1) is 9.98. The lowest BCUT2D eigenvalue weighted by Crippen LogP contribution is -1.88. The van der Waals surface area contributed by atoms with E-state index in [4.69, 9.17) is 5.73 Å². The first-order valence-corrected chi connectivity index (χ1v) is 5.39. The zero-order valence-electron chi connectivity index (χ0n) is 8.34. The van der Waals surface area contributed by atoms with E-state index in [9.17, 15) is 0 Å². The summed E-state index contributed by atoms with van der Waals surface area (Å²) < 4.78 is 0. The van der Waals surface area contributed by atoms with E-state index in [0.717, 1.165) is 21.4 Å². The van der Waals surface area contributed by atoms with E-state index in [2.05, 4.69) is 9.97 Å². The number of anilines is 1. The van der Waals surface area contributed by atoms with Gasteiger partial charge in [0.2, 0.25) is 0 Å². The van der Waals surface area contributed by atoms with Crippen LogP contribution in [0.3, 0.4) is 0 Å². The maximum atomic E-state index is 5.60. The number of nitrogen functional groups attached to an aromatic ring is 1. The van der Waals surface area contributed by atoms with Crippen LogP contribution < -0.4 is 5.73 Å². The van der Waals surface area contributed by atoms with Crippen molar-refractivity contribution in [2.45, 2.75) is 17.0 Å². The summed E-state index contributed by atoms with van der Waals surface area (Å²) in [6, 6.07) is 9.56. The van der Waals surface area contributed by atoms with Crippen molar-refractivity contribution in [3.63, 3.8) is 0 Å². The fraction of sp³-hybridized carbons (Fsp3) is 0.0909. The van der Waals surface area contributed by atoms with E-state index in [1.54, 1.807) is 6.20 Å². The smallest absolute Gasteiger partial charge is 0.192 e. The number of benzene rings is 1. The Labute approximate surface area is 92.8 Å². The molecule has 0 aliphatic carbocycles. The van der Waals surface area contributed by atoms with Crippen molar-refractivity contribution < 1.29 is 0 Å². The third-order valence-corrected chi connectivity index (χ3v) is 2.75. The number of nitrogens with zero attached hydrogens (tertiary/aromatic N) is 2. The normalized spacial score (nSPS) is 10.2. The van der Waals surface area contributed by atoms with Crippen LogP contribution in [-0.2, 0) is 0 Å². The minimum absolute atomic E-state index is 0.764. The molecular formula is C11H11N3S. The lowest BCUT2D eigenvalue weighted by Gasteiger charge is -2.00. The zero-order valence-corrected chi connectivity index (χ0v) is 9.16. The quantitative estimate of drug-likeness (QED) is 0.620. The summed E-state index contributed by atoms with van der Waals surface area (Å²) in [5.74, 6) is 0. The van der Waals surface area contributed by atoms with Crippen molar-refractivity contribution in [1.82, 2.24) is 9.97 Å². The van der Waals surface area contributed by atoms with E-state index < -0.39 is 0 Å². The van der Waals surface area contributed by atoms with Crippen molar-refractivity contribution in [1.29, 1.82) is 0 Å². The summed E-state index contributed by atoms with van der Waals surface area (Å²) in [5.41, 5.74) is 7.35. The number of hydrogen-bond donors (Lipinski definition) is 1. The minimum atomic E-state index is 0.764. The van der Waals surface area contributed by atoms with Gasteiger partial charge in [-0.05, 0) is 49.0 Å². The van der Waals surface area contributed by atoms with Crippen molar-refractivity contribution in [3.05, 3.63) is 42.2 Å². The van der Waals surface area contributed by atoms with E-state index in [1.807, 2.05) is 37.3 Å². The number of hydrogen-bond acceptors (Lipinski definition) is 4. The second kappa shape index (κ2) is 4.31.